The van der Waals surface area contributed by atoms with Crippen LogP contribution >= 0.6 is 0 Å². The Morgan fingerprint density at radius 1 is 0.955 bits per heavy atom. The van der Waals surface area contributed by atoms with Gasteiger partial charge in [0.15, 0.2) is 0 Å². The lowest BCUT2D eigenvalue weighted by molar-refractivity contribution is 0.415. The van der Waals surface area contributed by atoms with E-state index < -0.39 is 0 Å². The summed E-state index contributed by atoms with van der Waals surface area (Å²) < 4.78 is 7.30. The van der Waals surface area contributed by atoms with Crippen LogP contribution in [-0.2, 0) is 0 Å². The van der Waals surface area contributed by atoms with E-state index in [1.54, 1.807) is 7.11 Å². The number of rotatable bonds is 4. The van der Waals surface area contributed by atoms with Crippen LogP contribution in [0.3, 0.4) is 0 Å². The third kappa shape index (κ3) is 2.93. The van der Waals surface area contributed by atoms with E-state index in [0.29, 0.717) is 0 Å². The second-order valence-corrected chi connectivity index (χ2v) is 5.05. The summed E-state index contributed by atoms with van der Waals surface area (Å²) in [6.07, 6.45) is 3.92. The molecule has 1 aromatic heterocycles. The topological polar surface area (TPSA) is 26.5 Å². The lowest BCUT2D eigenvalue weighted by Crippen LogP contribution is -1.97. The molecule has 0 aliphatic rings. The Morgan fingerprint density at radius 3 is 2.45 bits per heavy atom. The van der Waals surface area contributed by atoms with Crippen LogP contribution in [0, 0.1) is 6.92 Å². The van der Waals surface area contributed by atoms with Gasteiger partial charge < -0.3 is 9.30 Å². The van der Waals surface area contributed by atoms with Crippen LogP contribution < -0.4 is 4.74 Å². The number of hydrogen-bond acceptors (Lipinski definition) is 2. The molecule has 0 spiro atoms. The van der Waals surface area contributed by atoms with Gasteiger partial charge in [0.1, 0.15) is 5.75 Å². The second-order valence-electron chi connectivity index (χ2n) is 5.05. The number of aromatic nitrogens is 1. The van der Waals surface area contributed by atoms with Gasteiger partial charge >= 0.3 is 0 Å². The first-order chi connectivity index (χ1) is 10.8. The number of hydrogen-bond donors (Lipinski definition) is 0. The van der Waals surface area contributed by atoms with E-state index in [0.717, 1.165) is 22.8 Å². The molecule has 0 N–H and O–H groups in total. The van der Waals surface area contributed by atoms with Crippen molar-refractivity contribution in [1.29, 1.82) is 0 Å². The van der Waals surface area contributed by atoms with Crippen molar-refractivity contribution in [2.75, 3.05) is 7.11 Å². The summed E-state index contributed by atoms with van der Waals surface area (Å²) in [5.74, 6) is 0.853. The molecule has 2 aromatic carbocycles. The minimum Gasteiger partial charge on any atom is -0.497 e. The first-order valence-corrected chi connectivity index (χ1v) is 7.19. The molecule has 3 rings (SSSR count). The molecule has 0 saturated carbocycles. The Kier molecular flexibility index (Phi) is 4.05. The summed E-state index contributed by atoms with van der Waals surface area (Å²) in [6, 6.07) is 20.1. The van der Waals surface area contributed by atoms with E-state index in [1.165, 1.54) is 5.56 Å². The van der Waals surface area contributed by atoms with Crippen molar-refractivity contribution in [3.8, 4) is 11.4 Å². The molecule has 0 unspecified atom stereocenters. The van der Waals surface area contributed by atoms with Crippen molar-refractivity contribution in [3.63, 3.8) is 0 Å². The van der Waals surface area contributed by atoms with Gasteiger partial charge in [-0.15, -0.1) is 0 Å². The van der Waals surface area contributed by atoms with Crippen molar-refractivity contribution < 1.29 is 4.74 Å². The summed E-state index contributed by atoms with van der Waals surface area (Å²) in [5.41, 5.74) is 4.27. The van der Waals surface area contributed by atoms with E-state index in [-0.39, 0.29) is 0 Å². The highest BCUT2D eigenvalue weighted by molar-refractivity contribution is 5.81. The maximum absolute atomic E-state index is 5.20. The van der Waals surface area contributed by atoms with Gasteiger partial charge in [-0.25, -0.2) is 0 Å². The molecule has 1 heterocycles. The Morgan fingerprint density at radius 2 is 1.73 bits per heavy atom. The third-order valence-corrected chi connectivity index (χ3v) is 3.58. The van der Waals surface area contributed by atoms with Crippen molar-refractivity contribution in [3.05, 3.63) is 78.1 Å². The molecule has 3 nitrogen and oxygen atoms in total. The zero-order valence-corrected chi connectivity index (χ0v) is 12.7. The van der Waals surface area contributed by atoms with Crippen LogP contribution in [0.4, 0.5) is 5.69 Å². The van der Waals surface area contributed by atoms with E-state index in [2.05, 4.69) is 22.5 Å². The van der Waals surface area contributed by atoms with E-state index in [1.807, 2.05) is 67.0 Å². The molecule has 0 fully saturated rings. The molecule has 0 bridgehead atoms. The van der Waals surface area contributed by atoms with E-state index >= 15 is 0 Å². The van der Waals surface area contributed by atoms with Gasteiger partial charge in [-0.3, -0.25) is 4.99 Å². The zero-order valence-electron chi connectivity index (χ0n) is 12.7. The normalized spacial score (nSPS) is 11.0. The molecule has 3 aromatic rings. The predicted octanol–water partition coefficient (Wildman–Crippen LogP) is 4.54. The molecule has 0 saturated heterocycles. The van der Waals surface area contributed by atoms with Crippen LogP contribution in [0.15, 0.2) is 71.9 Å². The van der Waals surface area contributed by atoms with Crippen LogP contribution in [-0.4, -0.2) is 17.9 Å². The number of methoxy groups -OCH3 is 1. The van der Waals surface area contributed by atoms with Crippen LogP contribution in [0.1, 0.15) is 11.3 Å². The van der Waals surface area contributed by atoms with Gasteiger partial charge in [0, 0.05) is 11.9 Å². The van der Waals surface area contributed by atoms with Crippen LogP contribution in [0.2, 0.25) is 0 Å². The fraction of sp³-hybridized carbons (Fsp3) is 0.105. The van der Waals surface area contributed by atoms with Gasteiger partial charge in [0.2, 0.25) is 0 Å². The highest BCUT2D eigenvalue weighted by Gasteiger charge is 2.02. The average molecular weight is 290 g/mol. The molecule has 0 aliphatic heterocycles. The van der Waals surface area contributed by atoms with Crippen LogP contribution in [0.25, 0.3) is 5.69 Å². The summed E-state index contributed by atoms with van der Waals surface area (Å²) >= 11 is 0. The quantitative estimate of drug-likeness (QED) is 0.648. The zero-order chi connectivity index (χ0) is 15.4. The molecule has 0 aliphatic carbocycles. The fourth-order valence-electron chi connectivity index (χ4n) is 2.32. The van der Waals surface area contributed by atoms with Gasteiger partial charge in [0.05, 0.1) is 24.7 Å². The highest BCUT2D eigenvalue weighted by atomic mass is 16.5. The maximum atomic E-state index is 5.20. The van der Waals surface area contributed by atoms with E-state index in [9.17, 15) is 0 Å². The predicted molar refractivity (Wildman–Crippen MR) is 90.8 cm³/mol. The van der Waals surface area contributed by atoms with Crippen molar-refractivity contribution in [1.82, 2.24) is 4.57 Å². The molecular weight excluding hydrogens is 272 g/mol. The van der Waals surface area contributed by atoms with Gasteiger partial charge in [-0.1, -0.05) is 18.2 Å². The smallest absolute Gasteiger partial charge is 0.119 e. The Balaban J connectivity index is 1.90. The lowest BCUT2D eigenvalue weighted by Gasteiger charge is -2.07. The monoisotopic (exact) mass is 290 g/mol. The summed E-state index contributed by atoms with van der Waals surface area (Å²) in [4.78, 5) is 4.60. The largest absolute Gasteiger partial charge is 0.497 e. The van der Waals surface area contributed by atoms with Crippen LogP contribution in [0.5, 0.6) is 5.75 Å². The summed E-state index contributed by atoms with van der Waals surface area (Å²) in [7, 11) is 1.67. The van der Waals surface area contributed by atoms with Crippen molar-refractivity contribution in [2.45, 2.75) is 6.92 Å². The van der Waals surface area contributed by atoms with Gasteiger partial charge in [-0.05, 0) is 55.0 Å². The Bertz CT molecular complexity index is 785. The minimum atomic E-state index is 0.853. The first-order valence-electron chi connectivity index (χ1n) is 7.19. The number of aryl methyl sites for hydroxylation is 1. The van der Waals surface area contributed by atoms with Crippen molar-refractivity contribution >= 4 is 11.9 Å². The van der Waals surface area contributed by atoms with E-state index in [4.69, 9.17) is 4.74 Å². The molecule has 0 atom stereocenters. The Hall–Kier alpha value is -2.81. The lowest BCUT2D eigenvalue weighted by atomic mass is 10.2. The number of aliphatic imine (C=N–C) groups is 1. The maximum Gasteiger partial charge on any atom is 0.119 e. The number of ether oxygens (including phenoxy) is 1. The minimum absolute atomic E-state index is 0.853. The summed E-state index contributed by atoms with van der Waals surface area (Å²) in [6.45, 7) is 2.06. The average Bonchev–Trinajstić information content (AvgIpc) is 3.03. The molecule has 22 heavy (non-hydrogen) atoms. The third-order valence-electron chi connectivity index (χ3n) is 3.58. The van der Waals surface area contributed by atoms with Crippen molar-refractivity contribution in [2.24, 2.45) is 4.99 Å². The molecular formula is C19H18N2O. The molecule has 0 amide bonds. The summed E-state index contributed by atoms with van der Waals surface area (Å²) in [5, 5.41) is 0. The molecule has 0 radical (unpaired) electrons. The number of benzene rings is 2. The van der Waals surface area contributed by atoms with Gasteiger partial charge in [0.25, 0.3) is 0 Å². The SMILES string of the molecule is COc1ccc(-n2cccc2C=Nc2ccccc2C)cc1. The first kappa shape index (κ1) is 14.1. The second kappa shape index (κ2) is 6.31. The molecule has 3 heteroatoms. The fourth-order valence-corrected chi connectivity index (χ4v) is 2.32. The number of nitrogens with zero attached hydrogens (tertiary/aromatic N) is 2. The highest BCUT2D eigenvalue weighted by Crippen LogP contribution is 2.19. The molecule has 110 valence electrons. The Labute approximate surface area is 130 Å². The standard InChI is InChI=1S/C19H18N2O/c1-15-6-3-4-8-19(15)20-14-17-7-5-13-21(17)16-9-11-18(22-2)12-10-16/h3-14H,1-2H3. The van der Waals surface area contributed by atoms with Gasteiger partial charge in [-0.2, -0.15) is 0 Å². The number of para-hydroxylation sites is 1.